The lowest BCUT2D eigenvalue weighted by molar-refractivity contribution is 0.394. The fourth-order valence-electron chi connectivity index (χ4n) is 2.47. The molecule has 0 spiro atoms. The summed E-state index contributed by atoms with van der Waals surface area (Å²) >= 11 is 1.81. The summed E-state index contributed by atoms with van der Waals surface area (Å²) in [5, 5.41) is 9.19. The number of pyridine rings is 1. The van der Waals surface area contributed by atoms with Crippen molar-refractivity contribution in [3.05, 3.63) is 23.4 Å². The third-order valence-corrected chi connectivity index (χ3v) is 4.75. The van der Waals surface area contributed by atoms with Crippen molar-refractivity contribution in [1.29, 1.82) is 5.41 Å². The molecule has 2 unspecified atom stereocenters. The zero-order chi connectivity index (χ0) is 13.1. The maximum Gasteiger partial charge on any atom is 0.125 e. The Morgan fingerprint density at radius 1 is 1.44 bits per heavy atom. The first-order chi connectivity index (χ1) is 8.56. The van der Waals surface area contributed by atoms with Gasteiger partial charge >= 0.3 is 0 Å². The number of aryl methyl sites for hydroxylation is 1. The first-order valence-electron chi connectivity index (χ1n) is 6.55. The summed E-state index contributed by atoms with van der Waals surface area (Å²) in [6, 6.07) is 3.84. The molecule has 98 valence electrons. The molecule has 3 nitrogen and oxygen atoms in total. The van der Waals surface area contributed by atoms with E-state index < -0.39 is 0 Å². The van der Waals surface area contributed by atoms with Crippen molar-refractivity contribution in [2.24, 2.45) is 11.7 Å². The molecule has 1 heterocycles. The standard InChI is InChI=1S/C14H21N3S/c1-9-4-3-5-11(8-9)18-14-12(13(15)16)7-6-10(2)17-14/h6-7,9,11H,3-5,8H2,1-2H3,(H3,15,16). The maximum atomic E-state index is 7.63. The largest absolute Gasteiger partial charge is 0.384 e. The predicted octanol–water partition coefficient (Wildman–Crippen LogP) is 3.34. The predicted molar refractivity (Wildman–Crippen MR) is 77.3 cm³/mol. The monoisotopic (exact) mass is 263 g/mol. The van der Waals surface area contributed by atoms with Gasteiger partial charge in [0.2, 0.25) is 0 Å². The van der Waals surface area contributed by atoms with E-state index in [-0.39, 0.29) is 5.84 Å². The first kappa shape index (κ1) is 13.4. The Labute approximate surface area is 113 Å². The van der Waals surface area contributed by atoms with Crippen LogP contribution in [0.25, 0.3) is 0 Å². The quantitative estimate of drug-likeness (QED) is 0.649. The number of nitrogens with zero attached hydrogens (tertiary/aromatic N) is 1. The number of amidine groups is 1. The molecule has 4 heteroatoms. The lowest BCUT2D eigenvalue weighted by Crippen LogP contribution is -2.18. The number of rotatable bonds is 3. The van der Waals surface area contributed by atoms with Gasteiger partial charge in [0.25, 0.3) is 0 Å². The fourth-order valence-corrected chi connectivity index (χ4v) is 4.00. The minimum absolute atomic E-state index is 0.119. The third-order valence-electron chi connectivity index (χ3n) is 3.46. The molecule has 1 fully saturated rings. The number of nitrogens with two attached hydrogens (primary N) is 1. The van der Waals surface area contributed by atoms with Gasteiger partial charge in [0.1, 0.15) is 10.9 Å². The van der Waals surface area contributed by atoms with E-state index in [4.69, 9.17) is 11.1 Å². The van der Waals surface area contributed by atoms with Gasteiger partial charge in [-0.2, -0.15) is 0 Å². The molecule has 1 aliphatic carbocycles. The zero-order valence-electron chi connectivity index (χ0n) is 11.1. The number of hydrogen-bond acceptors (Lipinski definition) is 3. The second-order valence-corrected chi connectivity index (χ2v) is 6.52. The van der Waals surface area contributed by atoms with Crippen LogP contribution in [0.4, 0.5) is 0 Å². The third kappa shape index (κ3) is 3.25. The van der Waals surface area contributed by atoms with Crippen molar-refractivity contribution < 1.29 is 0 Å². The van der Waals surface area contributed by atoms with Gasteiger partial charge in [-0.3, -0.25) is 5.41 Å². The second-order valence-electron chi connectivity index (χ2n) is 5.23. The van der Waals surface area contributed by atoms with E-state index in [1.165, 1.54) is 25.7 Å². The molecule has 0 aromatic carbocycles. The van der Waals surface area contributed by atoms with Crippen molar-refractivity contribution in [2.75, 3.05) is 0 Å². The van der Waals surface area contributed by atoms with Gasteiger partial charge in [-0.1, -0.05) is 19.8 Å². The van der Waals surface area contributed by atoms with Crippen LogP contribution in [0.1, 0.15) is 43.9 Å². The maximum absolute atomic E-state index is 7.63. The number of nitrogens with one attached hydrogen (secondary N) is 1. The van der Waals surface area contributed by atoms with Gasteiger partial charge in [0.15, 0.2) is 0 Å². The van der Waals surface area contributed by atoms with E-state index in [9.17, 15) is 0 Å². The van der Waals surface area contributed by atoms with Crippen LogP contribution in [-0.4, -0.2) is 16.1 Å². The Kier molecular flexibility index (Phi) is 4.27. The van der Waals surface area contributed by atoms with E-state index >= 15 is 0 Å². The van der Waals surface area contributed by atoms with Gasteiger partial charge in [-0.25, -0.2) is 4.98 Å². The van der Waals surface area contributed by atoms with E-state index in [2.05, 4.69) is 11.9 Å². The van der Waals surface area contributed by atoms with Crippen LogP contribution in [-0.2, 0) is 0 Å². The number of nitrogen functional groups attached to an aromatic ring is 1. The molecule has 1 aliphatic rings. The summed E-state index contributed by atoms with van der Waals surface area (Å²) < 4.78 is 0. The Morgan fingerprint density at radius 3 is 2.89 bits per heavy atom. The molecule has 1 aromatic rings. The van der Waals surface area contributed by atoms with Crippen LogP contribution in [0, 0.1) is 18.3 Å². The van der Waals surface area contributed by atoms with Crippen LogP contribution in [0.3, 0.4) is 0 Å². The Bertz CT molecular complexity index is 445. The van der Waals surface area contributed by atoms with Crippen molar-refractivity contribution in [3.63, 3.8) is 0 Å². The lowest BCUT2D eigenvalue weighted by atomic mass is 9.91. The molecule has 1 saturated carbocycles. The molecule has 1 aromatic heterocycles. The minimum Gasteiger partial charge on any atom is -0.384 e. The van der Waals surface area contributed by atoms with Crippen molar-refractivity contribution in [2.45, 2.75) is 49.8 Å². The van der Waals surface area contributed by atoms with E-state index in [1.54, 1.807) is 11.8 Å². The van der Waals surface area contributed by atoms with E-state index in [1.807, 2.05) is 19.1 Å². The average Bonchev–Trinajstić information content (AvgIpc) is 2.28. The molecule has 0 amide bonds. The molecular weight excluding hydrogens is 242 g/mol. The number of hydrogen-bond donors (Lipinski definition) is 2. The van der Waals surface area contributed by atoms with Gasteiger partial charge in [0.05, 0.1) is 0 Å². The Hall–Kier alpha value is -1.03. The topological polar surface area (TPSA) is 62.8 Å². The highest BCUT2D eigenvalue weighted by atomic mass is 32.2. The summed E-state index contributed by atoms with van der Waals surface area (Å²) in [4.78, 5) is 4.56. The zero-order valence-corrected chi connectivity index (χ0v) is 11.9. The highest BCUT2D eigenvalue weighted by Crippen LogP contribution is 2.36. The van der Waals surface area contributed by atoms with E-state index in [0.29, 0.717) is 5.25 Å². The van der Waals surface area contributed by atoms with Crippen LogP contribution >= 0.6 is 11.8 Å². The lowest BCUT2D eigenvalue weighted by Gasteiger charge is -2.26. The number of aromatic nitrogens is 1. The molecular formula is C14H21N3S. The summed E-state index contributed by atoms with van der Waals surface area (Å²) in [5.41, 5.74) is 7.40. The molecule has 2 rings (SSSR count). The van der Waals surface area contributed by atoms with Crippen molar-refractivity contribution >= 4 is 17.6 Å². The molecule has 3 N–H and O–H groups in total. The smallest absolute Gasteiger partial charge is 0.125 e. The van der Waals surface area contributed by atoms with Gasteiger partial charge in [0, 0.05) is 16.5 Å². The molecule has 0 aliphatic heterocycles. The SMILES string of the molecule is Cc1ccc(C(=N)N)c(SC2CCCC(C)C2)n1. The highest BCUT2D eigenvalue weighted by molar-refractivity contribution is 7.99. The normalized spacial score (nSPS) is 23.9. The van der Waals surface area contributed by atoms with Crippen molar-refractivity contribution in [1.82, 2.24) is 4.98 Å². The van der Waals surface area contributed by atoms with Gasteiger partial charge < -0.3 is 5.73 Å². The summed E-state index contributed by atoms with van der Waals surface area (Å²) in [5.74, 6) is 0.927. The van der Waals surface area contributed by atoms with E-state index in [0.717, 1.165) is 22.2 Å². The fraction of sp³-hybridized carbons (Fsp3) is 0.571. The minimum atomic E-state index is 0.119. The second kappa shape index (κ2) is 5.74. The highest BCUT2D eigenvalue weighted by Gasteiger charge is 2.21. The number of thioether (sulfide) groups is 1. The van der Waals surface area contributed by atoms with Crippen molar-refractivity contribution in [3.8, 4) is 0 Å². The van der Waals surface area contributed by atoms with Crippen LogP contribution in [0.2, 0.25) is 0 Å². The van der Waals surface area contributed by atoms with Crippen LogP contribution in [0.15, 0.2) is 17.2 Å². The molecule has 0 bridgehead atoms. The molecule has 2 atom stereocenters. The summed E-state index contributed by atoms with van der Waals surface area (Å²) in [6.07, 6.45) is 5.15. The van der Waals surface area contributed by atoms with Gasteiger partial charge in [-0.15, -0.1) is 11.8 Å². The molecule has 0 saturated heterocycles. The Morgan fingerprint density at radius 2 is 2.22 bits per heavy atom. The van der Waals surface area contributed by atoms with Crippen LogP contribution < -0.4 is 5.73 Å². The Balaban J connectivity index is 2.16. The first-order valence-corrected chi connectivity index (χ1v) is 7.43. The molecule has 0 radical (unpaired) electrons. The molecule has 18 heavy (non-hydrogen) atoms. The summed E-state index contributed by atoms with van der Waals surface area (Å²) in [6.45, 7) is 4.31. The van der Waals surface area contributed by atoms with Gasteiger partial charge in [-0.05, 0) is 37.8 Å². The average molecular weight is 263 g/mol. The van der Waals surface area contributed by atoms with Crippen LogP contribution in [0.5, 0.6) is 0 Å². The summed E-state index contributed by atoms with van der Waals surface area (Å²) in [7, 11) is 0.